The summed E-state index contributed by atoms with van der Waals surface area (Å²) in [6.07, 6.45) is 5.00. The summed E-state index contributed by atoms with van der Waals surface area (Å²) in [5.41, 5.74) is 3.61. The van der Waals surface area contributed by atoms with E-state index in [4.69, 9.17) is 4.74 Å². The van der Waals surface area contributed by atoms with Gasteiger partial charge in [-0.25, -0.2) is 4.98 Å². The molecule has 1 N–H and O–H groups in total. The molecule has 4 rings (SSSR count). The van der Waals surface area contributed by atoms with Crippen LogP contribution in [0.3, 0.4) is 0 Å². The van der Waals surface area contributed by atoms with Gasteiger partial charge in [0.2, 0.25) is 0 Å². The van der Waals surface area contributed by atoms with Crippen molar-refractivity contribution in [3.05, 3.63) is 65.6 Å². The number of fused-ring (bicyclic) bond motifs is 1. The zero-order valence-electron chi connectivity index (χ0n) is 15.5. The van der Waals surface area contributed by atoms with Gasteiger partial charge in [-0.15, -0.1) is 0 Å². The van der Waals surface area contributed by atoms with E-state index in [2.05, 4.69) is 17.2 Å². The van der Waals surface area contributed by atoms with E-state index in [1.165, 1.54) is 5.56 Å². The van der Waals surface area contributed by atoms with E-state index in [0.717, 1.165) is 43.9 Å². The van der Waals surface area contributed by atoms with Crippen LogP contribution in [0.1, 0.15) is 28.0 Å². The Hall–Kier alpha value is -2.86. The molecule has 140 valence electrons. The third kappa shape index (κ3) is 4.11. The van der Waals surface area contributed by atoms with Gasteiger partial charge in [0.25, 0.3) is 5.91 Å². The molecule has 0 bridgehead atoms. The fraction of sp³-hybridized carbons (Fsp3) is 0.333. The van der Waals surface area contributed by atoms with Gasteiger partial charge in [0, 0.05) is 37.6 Å². The quantitative estimate of drug-likeness (QED) is 0.773. The molecule has 3 aromatic rings. The van der Waals surface area contributed by atoms with Gasteiger partial charge in [0.1, 0.15) is 18.0 Å². The van der Waals surface area contributed by atoms with Gasteiger partial charge in [0.15, 0.2) is 0 Å². The second-order valence-electron chi connectivity index (χ2n) is 6.92. The number of nitrogens with one attached hydrogen (secondary N) is 1. The van der Waals surface area contributed by atoms with E-state index in [1.54, 1.807) is 0 Å². The summed E-state index contributed by atoms with van der Waals surface area (Å²) in [4.78, 5) is 19.2. The van der Waals surface area contributed by atoms with Crippen LogP contribution in [0.4, 0.5) is 0 Å². The number of carbonyl (C=O) groups is 1. The average Bonchev–Trinajstić information content (AvgIpc) is 2.89. The lowest BCUT2D eigenvalue weighted by atomic mass is 10.2. The number of amides is 1. The summed E-state index contributed by atoms with van der Waals surface area (Å²) >= 11 is 0. The molecule has 0 spiro atoms. The molecule has 3 heterocycles. The van der Waals surface area contributed by atoms with Gasteiger partial charge < -0.3 is 19.4 Å². The van der Waals surface area contributed by atoms with Crippen LogP contribution < -0.4 is 10.1 Å². The van der Waals surface area contributed by atoms with Gasteiger partial charge in [0.05, 0.1) is 5.69 Å². The van der Waals surface area contributed by atoms with Crippen molar-refractivity contribution in [3.8, 4) is 5.75 Å². The SMILES string of the molecule is Cc1ccc2nc(COc3cccc(C(=O)N4CCCNCC4)c3)cn2c1. The van der Waals surface area contributed by atoms with Crippen LogP contribution in [0.2, 0.25) is 0 Å². The molecule has 0 atom stereocenters. The highest BCUT2D eigenvalue weighted by molar-refractivity contribution is 5.94. The third-order valence-corrected chi connectivity index (χ3v) is 4.74. The lowest BCUT2D eigenvalue weighted by Crippen LogP contribution is -2.34. The van der Waals surface area contributed by atoms with E-state index in [1.807, 2.05) is 58.1 Å². The van der Waals surface area contributed by atoms with Crippen molar-refractivity contribution in [2.75, 3.05) is 26.2 Å². The van der Waals surface area contributed by atoms with Crippen molar-refractivity contribution in [2.45, 2.75) is 20.0 Å². The fourth-order valence-electron chi connectivity index (χ4n) is 3.33. The predicted molar refractivity (Wildman–Crippen MR) is 104 cm³/mol. The summed E-state index contributed by atoms with van der Waals surface area (Å²) < 4.78 is 7.90. The first-order chi connectivity index (χ1) is 13.2. The molecule has 2 aromatic heterocycles. The minimum absolute atomic E-state index is 0.0624. The van der Waals surface area contributed by atoms with Crippen molar-refractivity contribution in [2.24, 2.45) is 0 Å². The zero-order valence-corrected chi connectivity index (χ0v) is 15.5. The van der Waals surface area contributed by atoms with Crippen LogP contribution in [-0.2, 0) is 6.61 Å². The van der Waals surface area contributed by atoms with Crippen LogP contribution in [0, 0.1) is 6.92 Å². The Morgan fingerprint density at radius 3 is 3.04 bits per heavy atom. The molecular weight excluding hydrogens is 340 g/mol. The second-order valence-corrected chi connectivity index (χ2v) is 6.92. The molecule has 1 aliphatic heterocycles. The van der Waals surface area contributed by atoms with Crippen LogP contribution in [-0.4, -0.2) is 46.4 Å². The first-order valence-corrected chi connectivity index (χ1v) is 9.36. The number of aromatic nitrogens is 2. The molecule has 0 radical (unpaired) electrons. The summed E-state index contributed by atoms with van der Waals surface area (Å²) in [5.74, 6) is 0.745. The summed E-state index contributed by atoms with van der Waals surface area (Å²) in [5, 5.41) is 3.32. The van der Waals surface area contributed by atoms with Crippen molar-refractivity contribution in [1.29, 1.82) is 0 Å². The standard InChI is InChI=1S/C21H24N4O2/c1-16-6-7-20-23-18(14-25(20)13-16)15-27-19-5-2-4-17(12-19)21(26)24-10-3-8-22-9-11-24/h2,4-7,12-14,22H,3,8-11,15H2,1H3. The highest BCUT2D eigenvalue weighted by Crippen LogP contribution is 2.17. The van der Waals surface area contributed by atoms with Crippen LogP contribution in [0.15, 0.2) is 48.8 Å². The molecule has 1 fully saturated rings. The number of rotatable bonds is 4. The topological polar surface area (TPSA) is 58.9 Å². The molecule has 0 unspecified atom stereocenters. The van der Waals surface area contributed by atoms with Crippen LogP contribution in [0.5, 0.6) is 5.75 Å². The molecular formula is C21H24N4O2. The maximum atomic E-state index is 12.8. The first-order valence-electron chi connectivity index (χ1n) is 9.36. The van der Waals surface area contributed by atoms with Crippen molar-refractivity contribution in [1.82, 2.24) is 19.6 Å². The number of hydrogen-bond donors (Lipinski definition) is 1. The van der Waals surface area contributed by atoms with Crippen molar-refractivity contribution < 1.29 is 9.53 Å². The van der Waals surface area contributed by atoms with E-state index >= 15 is 0 Å². The summed E-state index contributed by atoms with van der Waals surface area (Å²) in [6.45, 7) is 5.76. The van der Waals surface area contributed by atoms with Crippen molar-refractivity contribution in [3.63, 3.8) is 0 Å². The summed E-state index contributed by atoms with van der Waals surface area (Å²) in [6, 6.07) is 11.4. The number of pyridine rings is 1. The molecule has 1 aromatic carbocycles. The van der Waals surface area contributed by atoms with Gasteiger partial charge in [-0.3, -0.25) is 4.79 Å². The number of imidazole rings is 1. The van der Waals surface area contributed by atoms with E-state index < -0.39 is 0 Å². The molecule has 6 heteroatoms. The Labute approximate surface area is 158 Å². The third-order valence-electron chi connectivity index (χ3n) is 4.74. The maximum absolute atomic E-state index is 12.8. The van der Waals surface area contributed by atoms with Gasteiger partial charge in [-0.1, -0.05) is 12.1 Å². The minimum atomic E-state index is 0.0624. The van der Waals surface area contributed by atoms with E-state index in [-0.39, 0.29) is 5.91 Å². The number of carbonyl (C=O) groups excluding carboxylic acids is 1. The highest BCUT2D eigenvalue weighted by atomic mass is 16.5. The molecule has 0 saturated carbocycles. The van der Waals surface area contributed by atoms with E-state index in [9.17, 15) is 4.79 Å². The minimum Gasteiger partial charge on any atom is -0.487 e. The summed E-state index contributed by atoms with van der Waals surface area (Å²) in [7, 11) is 0. The van der Waals surface area contributed by atoms with E-state index in [0.29, 0.717) is 17.9 Å². The largest absolute Gasteiger partial charge is 0.487 e. The first kappa shape index (κ1) is 17.5. The zero-order chi connectivity index (χ0) is 18.6. The maximum Gasteiger partial charge on any atom is 0.254 e. The Morgan fingerprint density at radius 1 is 1.19 bits per heavy atom. The number of benzene rings is 1. The van der Waals surface area contributed by atoms with Crippen molar-refractivity contribution >= 4 is 11.6 Å². The molecule has 0 aliphatic carbocycles. The fourth-order valence-corrected chi connectivity index (χ4v) is 3.33. The predicted octanol–water partition coefficient (Wildman–Crippen LogP) is 2.66. The smallest absolute Gasteiger partial charge is 0.254 e. The molecule has 27 heavy (non-hydrogen) atoms. The van der Waals surface area contributed by atoms with Gasteiger partial charge in [-0.05, 0) is 49.7 Å². The second kappa shape index (κ2) is 7.80. The van der Waals surface area contributed by atoms with Crippen LogP contribution >= 0.6 is 0 Å². The Balaban J connectivity index is 1.44. The Bertz CT molecular complexity index is 942. The Morgan fingerprint density at radius 2 is 2.11 bits per heavy atom. The molecule has 1 aliphatic rings. The molecule has 1 amide bonds. The van der Waals surface area contributed by atoms with Gasteiger partial charge >= 0.3 is 0 Å². The molecule has 6 nitrogen and oxygen atoms in total. The average molecular weight is 364 g/mol. The lowest BCUT2D eigenvalue weighted by molar-refractivity contribution is 0.0766. The normalized spacial score (nSPS) is 14.9. The lowest BCUT2D eigenvalue weighted by Gasteiger charge is -2.20. The number of hydrogen-bond acceptors (Lipinski definition) is 4. The molecule has 1 saturated heterocycles. The monoisotopic (exact) mass is 364 g/mol. The highest BCUT2D eigenvalue weighted by Gasteiger charge is 2.17. The number of ether oxygens (including phenoxy) is 1. The number of aryl methyl sites for hydroxylation is 1. The van der Waals surface area contributed by atoms with Crippen LogP contribution in [0.25, 0.3) is 5.65 Å². The van der Waals surface area contributed by atoms with Gasteiger partial charge in [-0.2, -0.15) is 0 Å². The Kier molecular flexibility index (Phi) is 5.07. The number of nitrogens with zero attached hydrogens (tertiary/aromatic N) is 3.